The lowest BCUT2D eigenvalue weighted by Gasteiger charge is -2.41. The highest BCUT2D eigenvalue weighted by atomic mass is 79.9. The van der Waals surface area contributed by atoms with E-state index in [4.69, 9.17) is 4.74 Å². The first-order valence-electron chi connectivity index (χ1n) is 16.5. The first-order chi connectivity index (χ1) is 24.4. The number of rotatable bonds is 7. The molecular formula is C35H33BrFN5O8S. The Morgan fingerprint density at radius 2 is 1.65 bits per heavy atom. The lowest BCUT2D eigenvalue weighted by Crippen LogP contribution is -2.57. The van der Waals surface area contributed by atoms with Gasteiger partial charge in [-0.3, -0.25) is 34.2 Å². The van der Waals surface area contributed by atoms with E-state index in [-0.39, 0.29) is 86.1 Å². The van der Waals surface area contributed by atoms with E-state index >= 15 is 4.39 Å². The fraction of sp³-hybridized carbons (Fsp3) is 0.343. The highest BCUT2D eigenvalue weighted by Gasteiger charge is 2.46. The van der Waals surface area contributed by atoms with E-state index in [1.54, 1.807) is 28.9 Å². The summed E-state index contributed by atoms with van der Waals surface area (Å²) >= 11 is 3.36. The van der Waals surface area contributed by atoms with Gasteiger partial charge in [0.05, 0.1) is 23.4 Å². The second-order valence-electron chi connectivity index (χ2n) is 12.7. The molecule has 0 aromatic heterocycles. The molecule has 2 atom stereocenters. The van der Waals surface area contributed by atoms with Gasteiger partial charge >= 0.3 is 0 Å². The zero-order valence-electron chi connectivity index (χ0n) is 27.4. The van der Waals surface area contributed by atoms with Crippen molar-refractivity contribution in [1.82, 2.24) is 19.4 Å². The van der Waals surface area contributed by atoms with E-state index in [1.165, 1.54) is 16.4 Å². The summed E-state index contributed by atoms with van der Waals surface area (Å²) < 4.78 is 51.6. The van der Waals surface area contributed by atoms with Crippen molar-refractivity contribution in [3.05, 3.63) is 87.1 Å². The van der Waals surface area contributed by atoms with Gasteiger partial charge in [0, 0.05) is 43.6 Å². The number of piperidine rings is 1. The number of amides is 5. The topological polar surface area (TPSA) is 154 Å². The smallest absolute Gasteiger partial charge is 0.262 e. The van der Waals surface area contributed by atoms with E-state index < -0.39 is 57.5 Å². The van der Waals surface area contributed by atoms with Crippen molar-refractivity contribution in [3.8, 4) is 5.75 Å². The molecule has 16 heteroatoms. The van der Waals surface area contributed by atoms with Crippen LogP contribution in [0.4, 0.5) is 10.1 Å². The summed E-state index contributed by atoms with van der Waals surface area (Å²) in [7, 11) is -4.24. The molecule has 51 heavy (non-hydrogen) atoms. The Labute approximate surface area is 301 Å². The summed E-state index contributed by atoms with van der Waals surface area (Å²) in [6.45, 7) is 2.58. The largest absolute Gasteiger partial charge is 0.492 e. The van der Waals surface area contributed by atoms with E-state index in [9.17, 15) is 32.4 Å². The number of nitrogens with one attached hydrogen (secondary N) is 1. The summed E-state index contributed by atoms with van der Waals surface area (Å²) in [6, 6.07) is 12.2. The number of halogens is 2. The van der Waals surface area contributed by atoms with Crippen LogP contribution < -0.4 is 15.0 Å². The van der Waals surface area contributed by atoms with Crippen molar-refractivity contribution >= 4 is 61.2 Å². The second-order valence-corrected chi connectivity index (χ2v) is 15.4. The first-order valence-corrected chi connectivity index (χ1v) is 18.7. The van der Waals surface area contributed by atoms with Crippen molar-refractivity contribution in [1.29, 1.82) is 0 Å². The third kappa shape index (κ3) is 6.18. The van der Waals surface area contributed by atoms with Crippen molar-refractivity contribution in [2.45, 2.75) is 49.7 Å². The van der Waals surface area contributed by atoms with Crippen LogP contribution in [-0.4, -0.2) is 96.9 Å². The molecule has 13 nitrogen and oxygen atoms in total. The van der Waals surface area contributed by atoms with E-state index in [0.717, 1.165) is 22.1 Å². The summed E-state index contributed by atoms with van der Waals surface area (Å²) in [6.07, 6.45) is 0.0941. The lowest BCUT2D eigenvalue weighted by atomic mass is 9.95. The van der Waals surface area contributed by atoms with Crippen molar-refractivity contribution in [3.63, 3.8) is 0 Å². The highest BCUT2D eigenvalue weighted by Crippen LogP contribution is 2.37. The molecule has 2 saturated heterocycles. The molecule has 3 aromatic rings. The molecule has 2 fully saturated rings. The molecule has 4 heterocycles. The molecule has 7 rings (SSSR count). The van der Waals surface area contributed by atoms with Gasteiger partial charge in [-0.15, -0.1) is 0 Å². The van der Waals surface area contributed by atoms with Crippen LogP contribution in [0.2, 0.25) is 0 Å². The van der Waals surface area contributed by atoms with Gasteiger partial charge in [-0.2, -0.15) is 4.31 Å². The van der Waals surface area contributed by atoms with Gasteiger partial charge in [0.25, 0.3) is 11.8 Å². The van der Waals surface area contributed by atoms with E-state index in [0.29, 0.717) is 4.47 Å². The Balaban J connectivity index is 1.11. The van der Waals surface area contributed by atoms with Gasteiger partial charge < -0.3 is 14.5 Å². The summed E-state index contributed by atoms with van der Waals surface area (Å²) in [4.78, 5) is 68.7. The van der Waals surface area contributed by atoms with Crippen LogP contribution in [0.25, 0.3) is 0 Å². The molecular weight excluding hydrogens is 749 g/mol. The van der Waals surface area contributed by atoms with Gasteiger partial charge in [-0.25, -0.2) is 12.8 Å². The second kappa shape index (κ2) is 13.5. The summed E-state index contributed by atoms with van der Waals surface area (Å²) in [5.74, 6) is -3.79. The SMILES string of the molecule is CCOc1ccc(Br)cc1S(=O)(=O)N1Cc2ccccc2CC1C(=O)N1CCN(c2cc3c(cc2F)C(=O)N(C2CCC(=O)NC2=O)C3=O)CC1. The molecule has 4 aliphatic heterocycles. The normalized spacial score (nSPS) is 21.0. The summed E-state index contributed by atoms with van der Waals surface area (Å²) in [5, 5.41) is 2.14. The maximum Gasteiger partial charge on any atom is 0.262 e. The molecule has 0 bridgehead atoms. The van der Waals surface area contributed by atoms with Crippen molar-refractivity contribution in [2.75, 3.05) is 37.7 Å². The maximum absolute atomic E-state index is 15.6. The molecule has 0 spiro atoms. The van der Waals surface area contributed by atoms with Crippen LogP contribution >= 0.6 is 15.9 Å². The minimum absolute atomic E-state index is 0.0180. The van der Waals surface area contributed by atoms with Gasteiger partial charge in [-0.05, 0) is 61.2 Å². The van der Waals surface area contributed by atoms with Gasteiger partial charge in [0.2, 0.25) is 27.7 Å². The van der Waals surface area contributed by atoms with Crippen LogP contribution in [0.5, 0.6) is 5.75 Å². The van der Waals surface area contributed by atoms with Crippen molar-refractivity contribution < 1.29 is 41.5 Å². The average molecular weight is 783 g/mol. The molecule has 0 aliphatic carbocycles. The van der Waals surface area contributed by atoms with Crippen molar-refractivity contribution in [2.24, 2.45) is 0 Å². The Morgan fingerprint density at radius 3 is 2.33 bits per heavy atom. The number of sulfonamides is 1. The van der Waals surface area contributed by atoms with E-state index in [1.807, 2.05) is 24.3 Å². The minimum Gasteiger partial charge on any atom is -0.492 e. The van der Waals surface area contributed by atoms with Gasteiger partial charge in [0.1, 0.15) is 28.5 Å². The molecule has 4 aliphatic rings. The zero-order valence-corrected chi connectivity index (χ0v) is 29.8. The number of hydrogen-bond acceptors (Lipinski definition) is 9. The predicted octanol–water partition coefficient (Wildman–Crippen LogP) is 2.85. The number of hydrogen-bond donors (Lipinski definition) is 1. The average Bonchev–Trinajstić information content (AvgIpc) is 3.35. The highest BCUT2D eigenvalue weighted by molar-refractivity contribution is 9.10. The Hall–Kier alpha value is -4.67. The number of piperazine rings is 1. The number of nitrogens with zero attached hydrogens (tertiary/aromatic N) is 4. The molecule has 0 saturated carbocycles. The van der Waals surface area contributed by atoms with Crippen LogP contribution in [0.1, 0.15) is 51.6 Å². The predicted molar refractivity (Wildman–Crippen MR) is 184 cm³/mol. The molecule has 2 unspecified atom stereocenters. The summed E-state index contributed by atoms with van der Waals surface area (Å²) in [5.41, 5.74) is 1.49. The fourth-order valence-corrected chi connectivity index (χ4v) is 9.38. The van der Waals surface area contributed by atoms with Crippen LogP contribution in [0.3, 0.4) is 0 Å². The standard InChI is InChI=1S/C35H33BrFN5O8S/c1-2-50-29-9-7-22(36)16-30(29)51(48,49)41-19-21-6-4-3-5-20(21)15-28(41)35(47)40-13-11-39(12-14-40)27-18-24-23(17-25(27)37)33(45)42(34(24)46)26-8-10-31(43)38-32(26)44/h3-7,9,16-18,26,28H,2,8,10-15,19H2,1H3,(H,38,43,44). The third-order valence-corrected chi connectivity index (χ3v) is 12.1. The molecule has 3 aromatic carbocycles. The number of carbonyl (C=O) groups is 5. The Morgan fingerprint density at radius 1 is 0.961 bits per heavy atom. The van der Waals surface area contributed by atoms with Crippen LogP contribution in [0, 0.1) is 5.82 Å². The number of benzene rings is 3. The Bertz CT molecular complexity index is 2100. The molecule has 1 N–H and O–H groups in total. The monoisotopic (exact) mass is 781 g/mol. The van der Waals surface area contributed by atoms with E-state index in [2.05, 4.69) is 21.2 Å². The van der Waals surface area contributed by atoms with Crippen LogP contribution in [-0.2, 0) is 37.4 Å². The number of anilines is 1. The molecule has 0 radical (unpaired) electrons. The number of imide groups is 2. The lowest BCUT2D eigenvalue weighted by molar-refractivity contribution is -0.137. The number of carbonyl (C=O) groups excluding carboxylic acids is 5. The Kier molecular flexibility index (Phi) is 9.18. The van der Waals surface area contributed by atoms with Gasteiger partial charge in [0.15, 0.2) is 0 Å². The number of fused-ring (bicyclic) bond motifs is 2. The first kappa shape index (κ1) is 34.8. The number of ether oxygens (including phenoxy) is 1. The fourth-order valence-electron chi connectivity index (χ4n) is 7.15. The van der Waals surface area contributed by atoms with Gasteiger partial charge in [-0.1, -0.05) is 40.2 Å². The molecule has 266 valence electrons. The maximum atomic E-state index is 15.6. The zero-order chi connectivity index (χ0) is 36.2. The molecule has 5 amide bonds. The third-order valence-electron chi connectivity index (χ3n) is 9.72. The minimum atomic E-state index is -4.24. The quantitative estimate of drug-likeness (QED) is 0.357. The van der Waals surface area contributed by atoms with Crippen LogP contribution in [0.15, 0.2) is 64.0 Å².